The van der Waals surface area contributed by atoms with Gasteiger partial charge in [-0.25, -0.2) is 0 Å². The first-order valence-electron chi connectivity index (χ1n) is 14.5. The smallest absolute Gasteiger partial charge is 0.0594 e. The molecule has 5 rings (SSSR count). The fourth-order valence-electron chi connectivity index (χ4n) is 11.9. The summed E-state index contributed by atoms with van der Waals surface area (Å²) >= 11 is 0. The molecule has 0 radical (unpaired) electrons. The highest BCUT2D eigenvalue weighted by molar-refractivity contribution is 5.19. The normalized spacial score (nSPS) is 55.8. The van der Waals surface area contributed by atoms with Crippen LogP contribution in [-0.4, -0.2) is 22.9 Å². The predicted octanol–water partition coefficient (Wildman–Crippen LogP) is 7.47. The van der Waals surface area contributed by atoms with Crippen LogP contribution in [0.5, 0.6) is 0 Å². The Morgan fingerprint density at radius 3 is 2.09 bits per heavy atom. The zero-order chi connectivity index (χ0) is 24.2. The number of aliphatic hydroxyl groups is 2. The minimum absolute atomic E-state index is 0.0333. The van der Waals surface area contributed by atoms with Crippen molar-refractivity contribution < 1.29 is 10.2 Å². The minimum atomic E-state index is -0.137. The first-order valence-corrected chi connectivity index (χ1v) is 14.5. The van der Waals surface area contributed by atoms with E-state index in [9.17, 15) is 10.2 Å². The molecule has 33 heavy (non-hydrogen) atoms. The van der Waals surface area contributed by atoms with Gasteiger partial charge in [0.05, 0.1) is 6.10 Å². The van der Waals surface area contributed by atoms with E-state index in [1.54, 1.807) is 0 Å². The van der Waals surface area contributed by atoms with Crippen molar-refractivity contribution in [2.24, 2.45) is 62.1 Å². The average molecular weight is 459 g/mol. The molecule has 10 atom stereocenters. The summed E-state index contributed by atoms with van der Waals surface area (Å²) in [6.07, 6.45) is 12.9. The summed E-state index contributed by atoms with van der Waals surface area (Å²) in [5, 5.41) is 21.3. The van der Waals surface area contributed by atoms with E-state index in [-0.39, 0.29) is 16.9 Å². The van der Waals surface area contributed by atoms with Crippen LogP contribution in [0.4, 0.5) is 0 Å². The van der Waals surface area contributed by atoms with Gasteiger partial charge in [-0.1, -0.05) is 55.4 Å². The van der Waals surface area contributed by atoms with Crippen LogP contribution in [0, 0.1) is 62.1 Å². The molecule has 5 saturated carbocycles. The number of rotatable bonds is 2. The van der Waals surface area contributed by atoms with Crippen molar-refractivity contribution in [3.8, 4) is 0 Å². The van der Waals surface area contributed by atoms with Crippen molar-refractivity contribution in [2.45, 2.75) is 126 Å². The van der Waals surface area contributed by atoms with Crippen LogP contribution in [-0.2, 0) is 0 Å². The molecule has 0 aromatic heterocycles. The summed E-state index contributed by atoms with van der Waals surface area (Å²) in [4.78, 5) is 0. The molecule has 5 aliphatic carbocycles. The van der Waals surface area contributed by atoms with Crippen LogP contribution in [0.3, 0.4) is 0 Å². The third-order valence-corrected chi connectivity index (χ3v) is 14.2. The van der Waals surface area contributed by atoms with Crippen LogP contribution in [0.25, 0.3) is 0 Å². The molecule has 0 aromatic carbocycles. The van der Waals surface area contributed by atoms with Gasteiger partial charge in [0.2, 0.25) is 0 Å². The monoisotopic (exact) mass is 458 g/mol. The number of fused-ring (bicyclic) bond motifs is 7. The number of aliphatic hydroxyl groups excluding tert-OH is 2. The standard InChI is InChI=1S/C31H54O2/c1-26(2,19-32)20-11-14-28(5)17-18-30(7)21(25(20)28)9-10-23-29(6)15-13-24(33)27(3,4)22(29)12-16-31(23,30)8/h20-25,32-33H,9-19H2,1-8H3/t20-,21+,22-,23-,24-,25-,28-,29+,30-,31-/m1/s1. The third kappa shape index (κ3) is 2.98. The molecular weight excluding hydrogens is 404 g/mol. The van der Waals surface area contributed by atoms with Crippen LogP contribution in [0.1, 0.15) is 120 Å². The van der Waals surface area contributed by atoms with Gasteiger partial charge in [-0.2, -0.15) is 0 Å². The molecule has 2 N–H and O–H groups in total. The number of hydrogen-bond donors (Lipinski definition) is 2. The topological polar surface area (TPSA) is 40.5 Å². The lowest BCUT2D eigenvalue weighted by atomic mass is 9.32. The van der Waals surface area contributed by atoms with Gasteiger partial charge in [-0.3, -0.25) is 0 Å². The Morgan fingerprint density at radius 1 is 0.727 bits per heavy atom. The van der Waals surface area contributed by atoms with Crippen molar-refractivity contribution in [2.75, 3.05) is 6.61 Å². The van der Waals surface area contributed by atoms with Crippen molar-refractivity contribution >= 4 is 0 Å². The largest absolute Gasteiger partial charge is 0.396 e. The maximum Gasteiger partial charge on any atom is 0.0594 e. The molecule has 0 amide bonds. The van der Waals surface area contributed by atoms with Gasteiger partial charge in [0.1, 0.15) is 0 Å². The third-order valence-electron chi connectivity index (χ3n) is 14.2. The van der Waals surface area contributed by atoms with Gasteiger partial charge < -0.3 is 10.2 Å². The molecule has 5 fully saturated rings. The predicted molar refractivity (Wildman–Crippen MR) is 137 cm³/mol. The SMILES string of the molecule is CC(C)(CO)[C@@H]1CC[C@]2(C)CC[C@]3(C)[C@@H](CC[C@@H]4[C@@]5(C)CC[C@@H](O)C(C)(C)[C@H]5CC[C@]43C)[C@@H]12. The fourth-order valence-corrected chi connectivity index (χ4v) is 11.9. The van der Waals surface area contributed by atoms with Crippen LogP contribution in [0.2, 0.25) is 0 Å². The summed E-state index contributed by atoms with van der Waals surface area (Å²) in [5.41, 5.74) is 1.72. The van der Waals surface area contributed by atoms with Crippen LogP contribution in [0.15, 0.2) is 0 Å². The minimum Gasteiger partial charge on any atom is -0.396 e. The van der Waals surface area contributed by atoms with E-state index >= 15 is 0 Å². The molecule has 2 heteroatoms. The Hall–Kier alpha value is -0.0800. The second-order valence-electron chi connectivity index (χ2n) is 16.0. The lowest BCUT2D eigenvalue weighted by Crippen LogP contribution is -2.66. The van der Waals surface area contributed by atoms with Crippen LogP contribution >= 0.6 is 0 Å². The lowest BCUT2D eigenvalue weighted by Gasteiger charge is -2.73. The first-order chi connectivity index (χ1) is 15.2. The second-order valence-corrected chi connectivity index (χ2v) is 16.0. The molecule has 0 aromatic rings. The summed E-state index contributed by atoms with van der Waals surface area (Å²) in [5.74, 6) is 3.66. The second kappa shape index (κ2) is 7.24. The van der Waals surface area contributed by atoms with E-state index in [4.69, 9.17) is 0 Å². The molecule has 190 valence electrons. The quantitative estimate of drug-likeness (QED) is 0.450. The van der Waals surface area contributed by atoms with E-state index < -0.39 is 0 Å². The van der Waals surface area contributed by atoms with E-state index in [0.29, 0.717) is 40.1 Å². The van der Waals surface area contributed by atoms with Gasteiger partial charge in [-0.15, -0.1) is 0 Å². The van der Waals surface area contributed by atoms with Gasteiger partial charge in [0.15, 0.2) is 0 Å². The Bertz CT molecular complexity index is 786. The Kier molecular flexibility index (Phi) is 5.40. The van der Waals surface area contributed by atoms with Crippen molar-refractivity contribution in [3.63, 3.8) is 0 Å². The summed E-state index contributed by atoms with van der Waals surface area (Å²) < 4.78 is 0. The summed E-state index contributed by atoms with van der Waals surface area (Å²) in [6.45, 7) is 20.4. The molecule has 0 spiro atoms. The molecule has 5 aliphatic rings. The van der Waals surface area contributed by atoms with Gasteiger partial charge in [0, 0.05) is 6.61 Å². The lowest BCUT2D eigenvalue weighted by molar-refractivity contribution is -0.249. The van der Waals surface area contributed by atoms with E-state index in [1.165, 1.54) is 57.8 Å². The highest BCUT2D eigenvalue weighted by Gasteiger charge is 2.70. The molecule has 0 heterocycles. The fraction of sp³-hybridized carbons (Fsp3) is 1.00. The van der Waals surface area contributed by atoms with Crippen molar-refractivity contribution in [3.05, 3.63) is 0 Å². The maximum absolute atomic E-state index is 10.9. The Balaban J connectivity index is 1.54. The van der Waals surface area contributed by atoms with Crippen LogP contribution < -0.4 is 0 Å². The van der Waals surface area contributed by atoms with Crippen molar-refractivity contribution in [1.82, 2.24) is 0 Å². The highest BCUT2D eigenvalue weighted by atomic mass is 16.3. The Labute approximate surface area is 204 Å². The van der Waals surface area contributed by atoms with E-state index in [0.717, 1.165) is 24.2 Å². The van der Waals surface area contributed by atoms with Crippen molar-refractivity contribution in [1.29, 1.82) is 0 Å². The maximum atomic E-state index is 10.9. The average Bonchev–Trinajstić information content (AvgIpc) is 3.10. The molecule has 2 nitrogen and oxygen atoms in total. The van der Waals surface area contributed by atoms with E-state index in [2.05, 4.69) is 55.4 Å². The zero-order valence-electron chi connectivity index (χ0n) is 23.1. The molecule has 0 unspecified atom stereocenters. The molecule has 0 saturated heterocycles. The first kappa shape index (κ1) is 24.6. The zero-order valence-corrected chi connectivity index (χ0v) is 23.1. The summed E-state index contributed by atoms with van der Waals surface area (Å²) in [7, 11) is 0. The van der Waals surface area contributed by atoms with Gasteiger partial charge in [0.25, 0.3) is 0 Å². The Morgan fingerprint density at radius 2 is 1.42 bits per heavy atom. The van der Waals surface area contributed by atoms with E-state index in [1.807, 2.05) is 0 Å². The molecule has 0 bridgehead atoms. The number of hydrogen-bond acceptors (Lipinski definition) is 2. The molecular formula is C31H54O2. The van der Waals surface area contributed by atoms with Gasteiger partial charge in [-0.05, 0) is 126 Å². The van der Waals surface area contributed by atoms with Gasteiger partial charge >= 0.3 is 0 Å². The summed E-state index contributed by atoms with van der Waals surface area (Å²) in [6, 6.07) is 0. The highest BCUT2D eigenvalue weighted by Crippen LogP contribution is 2.77. The molecule has 0 aliphatic heterocycles.